The Bertz CT molecular complexity index is 974. The quantitative estimate of drug-likeness (QED) is 0.570. The van der Waals surface area contributed by atoms with E-state index in [2.05, 4.69) is 33.5 Å². The van der Waals surface area contributed by atoms with Gasteiger partial charge in [0.15, 0.2) is 5.11 Å². The van der Waals surface area contributed by atoms with E-state index in [1.807, 2.05) is 24.0 Å². The lowest BCUT2D eigenvalue weighted by molar-refractivity contribution is 0.0698. The molecule has 0 bridgehead atoms. The maximum Gasteiger partial charge on any atom is 0.257 e. The van der Waals surface area contributed by atoms with Crippen LogP contribution in [0.2, 0.25) is 0 Å². The van der Waals surface area contributed by atoms with Crippen molar-refractivity contribution in [3.05, 3.63) is 58.1 Å². The Kier molecular flexibility index (Phi) is 8.03. The smallest absolute Gasteiger partial charge is 0.257 e. The number of amides is 2. The number of rotatable bonds is 5. The van der Waals surface area contributed by atoms with Gasteiger partial charge < -0.3 is 15.0 Å². The minimum absolute atomic E-state index is 0.0282. The highest BCUT2D eigenvalue weighted by molar-refractivity contribution is 9.10. The van der Waals surface area contributed by atoms with Crippen LogP contribution in [0.4, 0.5) is 5.69 Å². The van der Waals surface area contributed by atoms with Crippen molar-refractivity contribution in [1.82, 2.24) is 10.2 Å². The average molecular weight is 504 g/mol. The van der Waals surface area contributed by atoms with Crippen LogP contribution in [0.3, 0.4) is 0 Å². The van der Waals surface area contributed by atoms with E-state index in [4.69, 9.17) is 17.0 Å². The zero-order valence-corrected chi connectivity index (χ0v) is 20.0. The van der Waals surface area contributed by atoms with Crippen molar-refractivity contribution in [2.45, 2.75) is 26.7 Å². The molecule has 2 aromatic rings. The molecule has 6 nitrogen and oxygen atoms in total. The summed E-state index contributed by atoms with van der Waals surface area (Å²) in [5.74, 6) is 0.928. The van der Waals surface area contributed by atoms with Crippen LogP contribution in [0.25, 0.3) is 0 Å². The number of nitrogens with zero attached hydrogens (tertiary/aromatic N) is 1. The van der Waals surface area contributed by atoms with Crippen LogP contribution in [0.5, 0.6) is 5.75 Å². The third-order valence-corrected chi connectivity index (χ3v) is 6.02. The molecule has 1 fully saturated rings. The van der Waals surface area contributed by atoms with Crippen molar-refractivity contribution in [2.24, 2.45) is 5.92 Å². The second kappa shape index (κ2) is 10.7. The first-order chi connectivity index (χ1) is 14.9. The minimum atomic E-state index is -0.352. The van der Waals surface area contributed by atoms with Crippen LogP contribution in [0.1, 0.15) is 47.4 Å². The molecule has 31 heavy (non-hydrogen) atoms. The van der Waals surface area contributed by atoms with Gasteiger partial charge in [-0.25, -0.2) is 0 Å². The number of carbonyl (C=O) groups is 2. The number of hydrogen-bond donors (Lipinski definition) is 2. The third kappa shape index (κ3) is 6.04. The minimum Gasteiger partial charge on any atom is -0.493 e. The molecular formula is C23H26BrN3O3S. The second-order valence-corrected chi connectivity index (χ2v) is 8.77. The molecule has 0 aromatic heterocycles. The van der Waals surface area contributed by atoms with Crippen molar-refractivity contribution in [2.75, 3.05) is 25.0 Å². The molecule has 1 heterocycles. The average Bonchev–Trinajstić information content (AvgIpc) is 2.75. The van der Waals surface area contributed by atoms with Crippen LogP contribution < -0.4 is 15.4 Å². The Morgan fingerprint density at radius 2 is 1.90 bits per heavy atom. The van der Waals surface area contributed by atoms with E-state index in [0.717, 1.165) is 25.9 Å². The first kappa shape index (κ1) is 23.2. The molecule has 2 aromatic carbocycles. The lowest BCUT2D eigenvalue weighted by atomic mass is 9.98. The molecule has 8 heteroatoms. The molecule has 0 spiro atoms. The summed E-state index contributed by atoms with van der Waals surface area (Å²) >= 11 is 8.73. The highest BCUT2D eigenvalue weighted by Crippen LogP contribution is 2.26. The van der Waals surface area contributed by atoms with E-state index in [0.29, 0.717) is 39.6 Å². The van der Waals surface area contributed by atoms with Gasteiger partial charge in [0, 0.05) is 18.7 Å². The number of carbonyl (C=O) groups excluding carboxylic acids is 2. The number of anilines is 1. The maximum atomic E-state index is 13.0. The lowest BCUT2D eigenvalue weighted by Crippen LogP contribution is -2.39. The fraction of sp³-hybridized carbons (Fsp3) is 0.348. The van der Waals surface area contributed by atoms with Gasteiger partial charge in [0.05, 0.1) is 22.3 Å². The van der Waals surface area contributed by atoms with Crippen molar-refractivity contribution in [3.8, 4) is 5.75 Å². The first-order valence-electron chi connectivity index (χ1n) is 10.3. The highest BCUT2D eigenvalue weighted by Gasteiger charge is 2.23. The van der Waals surface area contributed by atoms with Gasteiger partial charge in [0.25, 0.3) is 11.8 Å². The summed E-state index contributed by atoms with van der Waals surface area (Å²) in [6, 6.07) is 12.3. The van der Waals surface area contributed by atoms with E-state index in [-0.39, 0.29) is 16.9 Å². The number of ether oxygens (including phenoxy) is 1. The van der Waals surface area contributed by atoms with Gasteiger partial charge in [0.1, 0.15) is 5.75 Å². The Morgan fingerprint density at radius 1 is 1.19 bits per heavy atom. The molecule has 0 radical (unpaired) electrons. The molecule has 0 aliphatic carbocycles. The topological polar surface area (TPSA) is 70.7 Å². The zero-order chi connectivity index (χ0) is 22.4. The number of hydrogen-bond acceptors (Lipinski definition) is 4. The van der Waals surface area contributed by atoms with Crippen molar-refractivity contribution in [1.29, 1.82) is 0 Å². The summed E-state index contributed by atoms with van der Waals surface area (Å²) in [5.41, 5.74) is 1.55. The van der Waals surface area contributed by atoms with E-state index in [1.165, 1.54) is 0 Å². The maximum absolute atomic E-state index is 13.0. The van der Waals surface area contributed by atoms with Crippen molar-refractivity contribution >= 4 is 50.8 Å². The molecule has 0 saturated carbocycles. The summed E-state index contributed by atoms with van der Waals surface area (Å²) < 4.78 is 6.16. The Labute approximate surface area is 196 Å². The molecule has 2 amide bonds. The predicted molar refractivity (Wildman–Crippen MR) is 130 cm³/mol. The number of benzene rings is 2. The fourth-order valence-corrected chi connectivity index (χ4v) is 4.10. The number of nitrogens with one attached hydrogen (secondary N) is 2. The number of thiocarbonyl (C=S) groups is 1. The zero-order valence-electron chi connectivity index (χ0n) is 17.6. The van der Waals surface area contributed by atoms with E-state index >= 15 is 0 Å². The SMILES string of the molecule is CCOc1ccc(C(=O)NC(=S)Nc2ccccc2C(=O)N2CCC(C)CC2)cc1Br. The number of halogens is 1. The van der Waals surface area contributed by atoms with Gasteiger partial charge >= 0.3 is 0 Å². The predicted octanol–water partition coefficient (Wildman–Crippen LogP) is 4.85. The van der Waals surface area contributed by atoms with Crippen LogP contribution in [-0.4, -0.2) is 41.5 Å². The highest BCUT2D eigenvalue weighted by atomic mass is 79.9. The van der Waals surface area contributed by atoms with Crippen LogP contribution >= 0.6 is 28.1 Å². The lowest BCUT2D eigenvalue weighted by Gasteiger charge is -2.30. The molecule has 1 saturated heterocycles. The molecular weight excluding hydrogens is 478 g/mol. The van der Waals surface area contributed by atoms with Gasteiger partial charge in [-0.3, -0.25) is 14.9 Å². The number of piperidine rings is 1. The van der Waals surface area contributed by atoms with Crippen molar-refractivity contribution < 1.29 is 14.3 Å². The fourth-order valence-electron chi connectivity index (χ4n) is 3.40. The van der Waals surface area contributed by atoms with Crippen molar-refractivity contribution in [3.63, 3.8) is 0 Å². The molecule has 2 N–H and O–H groups in total. The molecule has 0 atom stereocenters. The van der Waals surface area contributed by atoms with Gasteiger partial charge in [-0.15, -0.1) is 0 Å². The van der Waals surface area contributed by atoms with E-state index in [1.54, 1.807) is 30.3 Å². The summed E-state index contributed by atoms with van der Waals surface area (Å²) in [4.78, 5) is 27.5. The first-order valence-corrected chi connectivity index (χ1v) is 11.5. The summed E-state index contributed by atoms with van der Waals surface area (Å²) in [5, 5.41) is 5.80. The molecule has 1 aliphatic rings. The molecule has 1 aliphatic heterocycles. The molecule has 0 unspecified atom stereocenters. The Balaban J connectivity index is 1.66. The van der Waals surface area contributed by atoms with Crippen LogP contribution in [0, 0.1) is 5.92 Å². The number of para-hydroxylation sites is 1. The van der Waals surface area contributed by atoms with E-state index < -0.39 is 0 Å². The molecule has 164 valence electrons. The largest absolute Gasteiger partial charge is 0.493 e. The Hall–Kier alpha value is -2.45. The third-order valence-electron chi connectivity index (χ3n) is 5.20. The van der Waals surface area contributed by atoms with Gasteiger partial charge in [0.2, 0.25) is 0 Å². The number of likely N-dealkylation sites (tertiary alicyclic amines) is 1. The van der Waals surface area contributed by atoms with Gasteiger partial charge in [-0.05, 0) is 84.2 Å². The van der Waals surface area contributed by atoms with E-state index in [9.17, 15) is 9.59 Å². The normalized spacial score (nSPS) is 14.1. The van der Waals surface area contributed by atoms with Gasteiger partial charge in [-0.2, -0.15) is 0 Å². The van der Waals surface area contributed by atoms with Crippen LogP contribution in [0.15, 0.2) is 46.9 Å². The summed E-state index contributed by atoms with van der Waals surface area (Å²) in [6.45, 7) is 6.14. The Morgan fingerprint density at radius 3 is 2.58 bits per heavy atom. The standard InChI is InChI=1S/C23H26BrN3O3S/c1-3-30-20-9-8-16(14-18(20)24)21(28)26-23(31)25-19-7-5-4-6-17(19)22(29)27-12-10-15(2)11-13-27/h4-9,14-15H,3,10-13H2,1-2H3,(H2,25,26,28,31). The van der Waals surface area contributed by atoms with Gasteiger partial charge in [-0.1, -0.05) is 19.1 Å². The monoisotopic (exact) mass is 503 g/mol. The summed E-state index contributed by atoms with van der Waals surface area (Å²) in [7, 11) is 0. The molecule has 3 rings (SSSR count). The summed E-state index contributed by atoms with van der Waals surface area (Å²) in [6.07, 6.45) is 2.01. The van der Waals surface area contributed by atoms with Crippen LogP contribution in [-0.2, 0) is 0 Å². The second-order valence-electron chi connectivity index (χ2n) is 7.51.